The molecule has 1 spiro atoms. The molecule has 4 rings (SSSR count). The van der Waals surface area contributed by atoms with Crippen LogP contribution >= 0.6 is 0 Å². The minimum Gasteiger partial charge on any atom is -0.392 e. The highest BCUT2D eigenvalue weighted by Gasteiger charge is 2.46. The summed E-state index contributed by atoms with van der Waals surface area (Å²) in [4.78, 5) is 44.9. The highest BCUT2D eigenvalue weighted by molar-refractivity contribution is 5.79. The molecule has 1 amide bonds. The Morgan fingerprint density at radius 2 is 1.93 bits per heavy atom. The smallest absolute Gasteiger partial charge is 0.325 e. The first kappa shape index (κ1) is 20.6. The summed E-state index contributed by atoms with van der Waals surface area (Å²) >= 11 is 0. The lowest BCUT2D eigenvalue weighted by Gasteiger charge is -2.51. The van der Waals surface area contributed by atoms with Gasteiger partial charge in [0.1, 0.15) is 0 Å². The average Bonchev–Trinajstić information content (AvgIpc) is 2.71. The molecule has 3 N–H and O–H groups in total. The second-order valence-corrected chi connectivity index (χ2v) is 8.57. The Morgan fingerprint density at radius 1 is 1.13 bits per heavy atom. The zero-order valence-corrected chi connectivity index (χ0v) is 17.0. The molecular weight excluding hydrogens is 384 g/mol. The number of carbonyl (C=O) groups excluding carboxylic acids is 1. The van der Waals surface area contributed by atoms with Crippen molar-refractivity contribution >= 4 is 5.91 Å². The lowest BCUT2D eigenvalue weighted by molar-refractivity contribution is -0.141. The number of aliphatic hydroxyl groups excluding tert-OH is 1. The number of benzene rings is 1. The van der Waals surface area contributed by atoms with Crippen LogP contribution in [0.5, 0.6) is 0 Å². The first-order valence-corrected chi connectivity index (χ1v) is 10.5. The molecule has 3 heterocycles. The average molecular weight is 412 g/mol. The van der Waals surface area contributed by atoms with Crippen LogP contribution in [0.1, 0.15) is 30.5 Å². The Labute approximate surface area is 174 Å². The van der Waals surface area contributed by atoms with Crippen LogP contribution in [-0.2, 0) is 17.8 Å². The third-order valence-electron chi connectivity index (χ3n) is 6.33. The number of aromatic amines is 2. The molecule has 0 radical (unpaired) electrons. The Morgan fingerprint density at radius 3 is 2.70 bits per heavy atom. The fourth-order valence-electron chi connectivity index (χ4n) is 4.88. The zero-order valence-electron chi connectivity index (χ0n) is 17.0. The van der Waals surface area contributed by atoms with E-state index in [0.717, 1.165) is 18.4 Å². The molecule has 1 aromatic heterocycles. The molecule has 1 unspecified atom stereocenters. The highest BCUT2D eigenvalue weighted by Crippen LogP contribution is 2.39. The Balaban J connectivity index is 1.46. The van der Waals surface area contributed by atoms with E-state index in [1.165, 1.54) is 6.07 Å². The van der Waals surface area contributed by atoms with Crippen molar-refractivity contribution in [3.05, 3.63) is 68.5 Å². The number of rotatable bonds is 4. The van der Waals surface area contributed by atoms with Crippen molar-refractivity contribution in [1.82, 2.24) is 19.8 Å². The Hall–Kier alpha value is -2.71. The van der Waals surface area contributed by atoms with Crippen LogP contribution in [-0.4, -0.2) is 63.1 Å². The summed E-state index contributed by atoms with van der Waals surface area (Å²) in [6.45, 7) is 2.98. The summed E-state index contributed by atoms with van der Waals surface area (Å²) in [5.74, 6) is 0.0866. The third-order valence-corrected chi connectivity index (χ3v) is 6.33. The van der Waals surface area contributed by atoms with E-state index in [9.17, 15) is 19.5 Å². The first-order valence-electron chi connectivity index (χ1n) is 10.5. The maximum atomic E-state index is 12.9. The number of nitrogens with zero attached hydrogens (tertiary/aromatic N) is 2. The summed E-state index contributed by atoms with van der Waals surface area (Å²) in [5.41, 5.74) is 0.231. The standard InChI is InChI=1S/C22H28N4O4/c27-18-7-10-25(13-17-12-19(28)24-21(30)23-17)14-22(18)8-4-9-26(15-22)20(29)11-16-5-2-1-3-6-16/h1-3,5-6,12,18,27H,4,7-11,13-15H2,(H2,23,24,28,30)/t18?,22-/m1/s1. The summed E-state index contributed by atoms with van der Waals surface area (Å²) < 4.78 is 0. The number of hydrogen-bond acceptors (Lipinski definition) is 5. The van der Waals surface area contributed by atoms with Gasteiger partial charge in [-0.3, -0.25) is 19.5 Å². The van der Waals surface area contributed by atoms with Gasteiger partial charge in [-0.15, -0.1) is 0 Å². The molecule has 0 saturated carbocycles. The van der Waals surface area contributed by atoms with E-state index in [1.54, 1.807) is 0 Å². The van der Waals surface area contributed by atoms with Gasteiger partial charge in [0, 0.05) is 49.9 Å². The van der Waals surface area contributed by atoms with Crippen LogP contribution in [0.3, 0.4) is 0 Å². The minimum absolute atomic E-state index is 0.0866. The minimum atomic E-state index is -0.514. The second kappa shape index (κ2) is 8.57. The number of piperidine rings is 2. The number of amides is 1. The number of aromatic nitrogens is 2. The largest absolute Gasteiger partial charge is 0.392 e. The molecule has 1 aromatic carbocycles. The zero-order chi connectivity index (χ0) is 21.1. The Bertz CT molecular complexity index is 974. The van der Waals surface area contributed by atoms with Crippen molar-refractivity contribution in [1.29, 1.82) is 0 Å². The lowest BCUT2D eigenvalue weighted by atomic mass is 9.71. The molecule has 160 valence electrons. The molecule has 8 heteroatoms. The van der Waals surface area contributed by atoms with E-state index >= 15 is 0 Å². The predicted molar refractivity (Wildman–Crippen MR) is 112 cm³/mol. The van der Waals surface area contributed by atoms with Crippen molar-refractivity contribution in [2.45, 2.75) is 38.3 Å². The predicted octanol–water partition coefficient (Wildman–Crippen LogP) is 0.481. The molecule has 2 atom stereocenters. The van der Waals surface area contributed by atoms with Crippen molar-refractivity contribution < 1.29 is 9.90 Å². The summed E-state index contributed by atoms with van der Waals surface area (Å²) in [7, 11) is 0. The summed E-state index contributed by atoms with van der Waals surface area (Å²) in [6.07, 6.45) is 2.21. The fraction of sp³-hybridized carbons (Fsp3) is 0.500. The van der Waals surface area contributed by atoms with Gasteiger partial charge in [0.2, 0.25) is 5.91 Å². The molecule has 2 aliphatic heterocycles. The highest BCUT2D eigenvalue weighted by atomic mass is 16.3. The number of carbonyl (C=O) groups is 1. The SMILES string of the molecule is O=C(Cc1ccccc1)N1CCC[C@@]2(CN(Cc3cc(=O)[nH]c(=O)[nH]3)CCC2O)C1. The van der Waals surface area contributed by atoms with Gasteiger partial charge >= 0.3 is 5.69 Å². The van der Waals surface area contributed by atoms with E-state index in [2.05, 4.69) is 14.9 Å². The van der Waals surface area contributed by atoms with Crippen LogP contribution in [0.25, 0.3) is 0 Å². The summed E-state index contributed by atoms with van der Waals surface area (Å²) in [6, 6.07) is 11.1. The van der Waals surface area contributed by atoms with Gasteiger partial charge in [-0.05, 0) is 24.8 Å². The molecule has 8 nitrogen and oxygen atoms in total. The molecule has 2 fully saturated rings. The third kappa shape index (κ3) is 4.55. The van der Waals surface area contributed by atoms with Gasteiger partial charge in [0.15, 0.2) is 0 Å². The van der Waals surface area contributed by atoms with E-state index in [1.807, 2.05) is 35.2 Å². The monoisotopic (exact) mass is 412 g/mol. The quantitative estimate of drug-likeness (QED) is 0.677. The van der Waals surface area contributed by atoms with Crippen LogP contribution in [0.2, 0.25) is 0 Å². The maximum absolute atomic E-state index is 12.9. The number of nitrogens with one attached hydrogen (secondary N) is 2. The number of hydrogen-bond donors (Lipinski definition) is 3. The number of H-pyrrole nitrogens is 2. The van der Waals surface area contributed by atoms with Gasteiger partial charge in [-0.25, -0.2) is 4.79 Å². The van der Waals surface area contributed by atoms with Gasteiger partial charge < -0.3 is 15.0 Å². The molecule has 2 saturated heterocycles. The number of aliphatic hydroxyl groups is 1. The van der Waals surface area contributed by atoms with Gasteiger partial charge in [-0.1, -0.05) is 30.3 Å². The summed E-state index contributed by atoms with van der Waals surface area (Å²) in [5, 5.41) is 10.9. The van der Waals surface area contributed by atoms with Crippen molar-refractivity contribution in [3.63, 3.8) is 0 Å². The normalized spacial score (nSPS) is 24.8. The lowest BCUT2D eigenvalue weighted by Crippen LogP contribution is -2.59. The molecular formula is C22H28N4O4. The van der Waals surface area contributed by atoms with E-state index in [0.29, 0.717) is 51.3 Å². The Kier molecular flexibility index (Phi) is 5.87. The number of likely N-dealkylation sites (tertiary alicyclic amines) is 2. The maximum Gasteiger partial charge on any atom is 0.325 e. The molecule has 2 aliphatic rings. The molecule has 30 heavy (non-hydrogen) atoms. The molecule has 0 bridgehead atoms. The van der Waals surface area contributed by atoms with Crippen molar-refractivity contribution in [2.24, 2.45) is 5.41 Å². The molecule has 2 aromatic rings. The van der Waals surface area contributed by atoms with Gasteiger partial charge in [0.25, 0.3) is 5.56 Å². The first-order chi connectivity index (χ1) is 14.4. The van der Waals surface area contributed by atoms with Crippen molar-refractivity contribution in [3.8, 4) is 0 Å². The van der Waals surface area contributed by atoms with E-state index in [-0.39, 0.29) is 11.3 Å². The van der Waals surface area contributed by atoms with Crippen LogP contribution in [0.4, 0.5) is 0 Å². The topological polar surface area (TPSA) is 110 Å². The van der Waals surface area contributed by atoms with Crippen LogP contribution < -0.4 is 11.2 Å². The fourth-order valence-corrected chi connectivity index (χ4v) is 4.88. The van der Waals surface area contributed by atoms with Crippen molar-refractivity contribution in [2.75, 3.05) is 26.2 Å². The van der Waals surface area contributed by atoms with Crippen LogP contribution in [0, 0.1) is 5.41 Å². The van der Waals surface area contributed by atoms with E-state index in [4.69, 9.17) is 0 Å². The van der Waals surface area contributed by atoms with Gasteiger partial charge in [-0.2, -0.15) is 0 Å². The van der Waals surface area contributed by atoms with E-state index < -0.39 is 17.4 Å². The molecule has 0 aliphatic carbocycles. The van der Waals surface area contributed by atoms with Crippen LogP contribution in [0.15, 0.2) is 46.0 Å². The van der Waals surface area contributed by atoms with Gasteiger partial charge in [0.05, 0.1) is 12.5 Å². The second-order valence-electron chi connectivity index (χ2n) is 8.57.